The molecule has 2 heteroatoms. The van der Waals surface area contributed by atoms with Gasteiger partial charge in [-0.3, -0.25) is 0 Å². The Morgan fingerprint density at radius 2 is 1.65 bits per heavy atom. The highest BCUT2D eigenvalue weighted by atomic mass is 16.3. The summed E-state index contributed by atoms with van der Waals surface area (Å²) in [6.45, 7) is 2.09. The van der Waals surface area contributed by atoms with Crippen LogP contribution in [0.1, 0.15) is 18.5 Å². The minimum absolute atomic E-state index is 0.132. The van der Waals surface area contributed by atoms with E-state index in [0.29, 0.717) is 5.75 Å². The van der Waals surface area contributed by atoms with Gasteiger partial charge in [-0.25, -0.2) is 0 Å². The van der Waals surface area contributed by atoms with Gasteiger partial charge in [0, 0.05) is 17.1 Å². The zero-order valence-corrected chi connectivity index (χ0v) is 11.4. The van der Waals surface area contributed by atoms with E-state index in [1.165, 1.54) is 10.8 Å². The maximum absolute atomic E-state index is 9.57. The van der Waals surface area contributed by atoms with Gasteiger partial charge in [0.15, 0.2) is 0 Å². The van der Waals surface area contributed by atoms with Crippen molar-refractivity contribution in [2.24, 2.45) is 0 Å². The third kappa shape index (κ3) is 2.45. The number of phenols is 1. The summed E-state index contributed by atoms with van der Waals surface area (Å²) in [7, 11) is 0. The van der Waals surface area contributed by atoms with E-state index in [-0.39, 0.29) is 6.04 Å². The van der Waals surface area contributed by atoms with Gasteiger partial charge in [-0.15, -0.1) is 0 Å². The molecule has 0 aromatic heterocycles. The molecule has 0 amide bonds. The van der Waals surface area contributed by atoms with Crippen LogP contribution < -0.4 is 5.32 Å². The molecule has 0 radical (unpaired) electrons. The van der Waals surface area contributed by atoms with Crippen molar-refractivity contribution in [1.29, 1.82) is 0 Å². The molecule has 2 nitrogen and oxygen atoms in total. The molecule has 3 aromatic rings. The van der Waals surface area contributed by atoms with Crippen molar-refractivity contribution in [3.63, 3.8) is 0 Å². The van der Waals surface area contributed by atoms with E-state index in [1.807, 2.05) is 24.3 Å². The second-order valence-electron chi connectivity index (χ2n) is 4.99. The van der Waals surface area contributed by atoms with Crippen LogP contribution in [0, 0.1) is 0 Å². The molecule has 3 aromatic carbocycles. The normalized spacial score (nSPS) is 12.2. The molecule has 0 aliphatic carbocycles. The molecule has 0 bridgehead atoms. The molecule has 1 atom stereocenters. The average Bonchev–Trinajstić information content (AvgIpc) is 2.47. The van der Waals surface area contributed by atoms with Crippen molar-refractivity contribution in [2.45, 2.75) is 13.0 Å². The molecule has 0 aliphatic heterocycles. The summed E-state index contributed by atoms with van der Waals surface area (Å²) < 4.78 is 0. The molecule has 0 saturated heterocycles. The summed E-state index contributed by atoms with van der Waals surface area (Å²) >= 11 is 0. The molecule has 0 aliphatic rings. The lowest BCUT2D eigenvalue weighted by Gasteiger charge is -2.17. The van der Waals surface area contributed by atoms with Crippen LogP contribution in [0.25, 0.3) is 10.8 Å². The van der Waals surface area contributed by atoms with Gasteiger partial charge in [-0.05, 0) is 36.1 Å². The Morgan fingerprint density at radius 1 is 0.900 bits per heavy atom. The Kier molecular flexibility index (Phi) is 3.30. The molecular weight excluding hydrogens is 246 g/mol. The number of fused-ring (bicyclic) bond motifs is 1. The largest absolute Gasteiger partial charge is 0.508 e. The first-order valence-corrected chi connectivity index (χ1v) is 6.77. The maximum atomic E-state index is 9.57. The van der Waals surface area contributed by atoms with Gasteiger partial charge in [0.25, 0.3) is 0 Å². The van der Waals surface area contributed by atoms with E-state index in [1.54, 1.807) is 12.1 Å². The molecule has 100 valence electrons. The first-order valence-electron chi connectivity index (χ1n) is 6.77. The van der Waals surface area contributed by atoms with E-state index in [9.17, 15) is 5.11 Å². The Hall–Kier alpha value is -2.48. The third-order valence-corrected chi connectivity index (χ3v) is 3.53. The number of aromatic hydroxyl groups is 1. The lowest BCUT2D eigenvalue weighted by molar-refractivity contribution is 0.474. The van der Waals surface area contributed by atoms with Gasteiger partial charge < -0.3 is 10.4 Å². The predicted octanol–water partition coefficient (Wildman–Crippen LogP) is 4.72. The summed E-state index contributed by atoms with van der Waals surface area (Å²) in [4.78, 5) is 0. The Morgan fingerprint density at radius 3 is 2.50 bits per heavy atom. The number of phenolic OH excluding ortho intramolecular Hbond substituents is 1. The lowest BCUT2D eigenvalue weighted by Crippen LogP contribution is -2.06. The average molecular weight is 263 g/mol. The van der Waals surface area contributed by atoms with Crippen LogP contribution in [0.4, 0.5) is 5.69 Å². The number of nitrogens with one attached hydrogen (secondary N) is 1. The Labute approximate surface area is 118 Å². The zero-order chi connectivity index (χ0) is 13.9. The number of hydrogen-bond acceptors (Lipinski definition) is 2. The zero-order valence-electron chi connectivity index (χ0n) is 11.4. The second-order valence-corrected chi connectivity index (χ2v) is 4.99. The summed E-state index contributed by atoms with van der Waals surface area (Å²) in [6, 6.07) is 22.1. The van der Waals surface area contributed by atoms with Crippen molar-refractivity contribution in [3.8, 4) is 5.75 Å². The molecular formula is C18H17NO. The first-order chi connectivity index (χ1) is 9.74. The smallest absolute Gasteiger partial charge is 0.115 e. The van der Waals surface area contributed by atoms with E-state index in [0.717, 1.165) is 11.3 Å². The predicted molar refractivity (Wildman–Crippen MR) is 84.1 cm³/mol. The van der Waals surface area contributed by atoms with Crippen molar-refractivity contribution in [1.82, 2.24) is 0 Å². The summed E-state index contributed by atoms with van der Waals surface area (Å²) in [5.74, 6) is 0.300. The summed E-state index contributed by atoms with van der Waals surface area (Å²) in [5, 5.41) is 15.5. The molecule has 1 unspecified atom stereocenters. The standard InChI is InChI=1S/C18H17NO/c1-13(15-8-4-9-16(20)12-15)19-18-11-5-7-14-6-2-3-10-17(14)18/h2-13,19-20H,1H3. The van der Waals surface area contributed by atoms with Gasteiger partial charge in [-0.1, -0.05) is 48.5 Å². The summed E-state index contributed by atoms with van der Waals surface area (Å²) in [6.07, 6.45) is 0. The number of rotatable bonds is 3. The van der Waals surface area contributed by atoms with Gasteiger partial charge in [-0.2, -0.15) is 0 Å². The maximum Gasteiger partial charge on any atom is 0.115 e. The first kappa shape index (κ1) is 12.5. The van der Waals surface area contributed by atoms with Gasteiger partial charge in [0.2, 0.25) is 0 Å². The van der Waals surface area contributed by atoms with E-state index >= 15 is 0 Å². The Bertz CT molecular complexity index is 731. The van der Waals surface area contributed by atoms with Gasteiger partial charge in [0.1, 0.15) is 5.75 Å². The van der Waals surface area contributed by atoms with Crippen LogP contribution >= 0.6 is 0 Å². The summed E-state index contributed by atoms with van der Waals surface area (Å²) in [5.41, 5.74) is 2.18. The molecule has 0 fully saturated rings. The topological polar surface area (TPSA) is 32.3 Å². The molecule has 3 rings (SSSR count). The highest BCUT2D eigenvalue weighted by Crippen LogP contribution is 2.27. The molecule has 20 heavy (non-hydrogen) atoms. The van der Waals surface area contributed by atoms with E-state index < -0.39 is 0 Å². The van der Waals surface area contributed by atoms with Gasteiger partial charge >= 0.3 is 0 Å². The van der Waals surface area contributed by atoms with Crippen LogP contribution in [0.2, 0.25) is 0 Å². The molecule has 2 N–H and O–H groups in total. The highest BCUT2D eigenvalue weighted by molar-refractivity contribution is 5.93. The molecule has 0 heterocycles. The van der Waals surface area contributed by atoms with Crippen molar-refractivity contribution >= 4 is 16.5 Å². The van der Waals surface area contributed by atoms with Gasteiger partial charge in [0.05, 0.1) is 0 Å². The fourth-order valence-corrected chi connectivity index (χ4v) is 2.46. The van der Waals surface area contributed by atoms with E-state index in [2.05, 4.69) is 42.6 Å². The third-order valence-electron chi connectivity index (χ3n) is 3.53. The Balaban J connectivity index is 1.93. The minimum atomic E-state index is 0.132. The van der Waals surface area contributed by atoms with Crippen molar-refractivity contribution < 1.29 is 5.11 Å². The quantitative estimate of drug-likeness (QED) is 0.716. The lowest BCUT2D eigenvalue weighted by atomic mass is 10.1. The van der Waals surface area contributed by atoms with Crippen LogP contribution in [0.15, 0.2) is 66.7 Å². The minimum Gasteiger partial charge on any atom is -0.508 e. The van der Waals surface area contributed by atoms with Crippen LogP contribution in [-0.2, 0) is 0 Å². The van der Waals surface area contributed by atoms with Crippen molar-refractivity contribution in [3.05, 3.63) is 72.3 Å². The fourth-order valence-electron chi connectivity index (χ4n) is 2.46. The SMILES string of the molecule is CC(Nc1cccc2ccccc12)c1cccc(O)c1. The van der Waals surface area contributed by atoms with Crippen molar-refractivity contribution in [2.75, 3.05) is 5.32 Å². The van der Waals surface area contributed by atoms with Crippen LogP contribution in [0.5, 0.6) is 5.75 Å². The highest BCUT2D eigenvalue weighted by Gasteiger charge is 2.07. The second kappa shape index (κ2) is 5.25. The molecule has 0 spiro atoms. The fraction of sp³-hybridized carbons (Fsp3) is 0.111. The number of anilines is 1. The molecule has 0 saturated carbocycles. The number of benzene rings is 3. The monoisotopic (exact) mass is 263 g/mol. The van der Waals surface area contributed by atoms with Crippen LogP contribution in [0.3, 0.4) is 0 Å². The van der Waals surface area contributed by atoms with Crippen LogP contribution in [-0.4, -0.2) is 5.11 Å². The number of hydrogen-bond donors (Lipinski definition) is 2. The van der Waals surface area contributed by atoms with E-state index in [4.69, 9.17) is 0 Å².